The van der Waals surface area contributed by atoms with Crippen LogP contribution in [0.15, 0.2) is 42.5 Å². The molecule has 1 N–H and O–H groups in total. The first-order valence-corrected chi connectivity index (χ1v) is 13.0. The fourth-order valence-corrected chi connectivity index (χ4v) is 5.52. The molecule has 1 saturated heterocycles. The van der Waals surface area contributed by atoms with Gasteiger partial charge in [-0.05, 0) is 66.8 Å². The van der Waals surface area contributed by atoms with E-state index >= 15 is 0 Å². The van der Waals surface area contributed by atoms with Crippen molar-refractivity contribution in [3.8, 4) is 22.9 Å². The number of fused-ring (bicyclic) bond motifs is 2. The molecule has 0 aliphatic carbocycles. The van der Waals surface area contributed by atoms with Gasteiger partial charge in [-0.1, -0.05) is 19.1 Å². The first-order chi connectivity index (χ1) is 18.1. The Balaban J connectivity index is 1.19. The van der Waals surface area contributed by atoms with Crippen molar-refractivity contribution in [1.82, 2.24) is 30.5 Å². The number of hydrogen-bond donors (Lipinski definition) is 1. The van der Waals surface area contributed by atoms with Crippen molar-refractivity contribution in [2.24, 2.45) is 0 Å². The number of H-pyrrole nitrogens is 1. The van der Waals surface area contributed by atoms with Crippen LogP contribution in [0.4, 0.5) is 0 Å². The van der Waals surface area contributed by atoms with Crippen LogP contribution in [0.2, 0.25) is 0 Å². The van der Waals surface area contributed by atoms with Crippen LogP contribution in [0.3, 0.4) is 0 Å². The van der Waals surface area contributed by atoms with Crippen LogP contribution < -0.4 is 9.47 Å². The molecule has 2 aliphatic rings. The first-order valence-electron chi connectivity index (χ1n) is 13.0. The Kier molecular flexibility index (Phi) is 5.98. The topological polar surface area (TPSA) is 106 Å². The smallest absolute Gasteiger partial charge is 0.272 e. The summed E-state index contributed by atoms with van der Waals surface area (Å²) in [7, 11) is 0. The zero-order chi connectivity index (χ0) is 25.4. The van der Waals surface area contributed by atoms with Crippen LogP contribution in [0.1, 0.15) is 54.7 Å². The second kappa shape index (κ2) is 9.46. The zero-order valence-corrected chi connectivity index (χ0v) is 21.2. The van der Waals surface area contributed by atoms with E-state index in [1.807, 2.05) is 36.1 Å². The maximum absolute atomic E-state index is 13.6. The summed E-state index contributed by atoms with van der Waals surface area (Å²) < 4.78 is 12.5. The molecule has 1 fully saturated rings. The van der Waals surface area contributed by atoms with Crippen molar-refractivity contribution < 1.29 is 14.3 Å². The second-order valence-electron chi connectivity index (χ2n) is 9.74. The van der Waals surface area contributed by atoms with Crippen molar-refractivity contribution in [1.29, 1.82) is 0 Å². The number of tetrazole rings is 1. The number of aryl methyl sites for hydroxylation is 2. The van der Waals surface area contributed by atoms with E-state index in [1.165, 1.54) is 0 Å². The number of aromatic amines is 1. The number of pyridine rings is 1. The molecule has 9 nitrogen and oxygen atoms in total. The third-order valence-corrected chi connectivity index (χ3v) is 7.59. The van der Waals surface area contributed by atoms with E-state index in [9.17, 15) is 4.79 Å². The average molecular weight is 499 g/mol. The van der Waals surface area contributed by atoms with Crippen LogP contribution in [0, 0.1) is 0 Å². The highest BCUT2D eigenvalue weighted by Gasteiger charge is 2.41. The summed E-state index contributed by atoms with van der Waals surface area (Å²) in [5.74, 6) is 2.15. The molecule has 6 rings (SSSR count). The number of carbonyl (C=O) groups is 1. The van der Waals surface area contributed by atoms with Crippen LogP contribution in [-0.4, -0.2) is 61.7 Å². The molecule has 2 aromatic heterocycles. The summed E-state index contributed by atoms with van der Waals surface area (Å²) in [4.78, 5) is 20.3. The summed E-state index contributed by atoms with van der Waals surface area (Å²) in [5, 5.41) is 15.2. The molecule has 4 heterocycles. The lowest BCUT2D eigenvalue weighted by atomic mass is 9.82. The highest BCUT2D eigenvalue weighted by atomic mass is 16.5. The van der Waals surface area contributed by atoms with Gasteiger partial charge in [0, 0.05) is 42.9 Å². The molecule has 9 heteroatoms. The Bertz CT molecular complexity index is 1440. The minimum Gasteiger partial charge on any atom is -0.493 e. The largest absolute Gasteiger partial charge is 0.493 e. The van der Waals surface area contributed by atoms with Gasteiger partial charge in [0.1, 0.15) is 22.8 Å². The van der Waals surface area contributed by atoms with Crippen molar-refractivity contribution in [2.75, 3.05) is 19.7 Å². The maximum Gasteiger partial charge on any atom is 0.272 e. The van der Waals surface area contributed by atoms with E-state index in [2.05, 4.69) is 39.7 Å². The molecular weight excluding hydrogens is 468 g/mol. The number of amides is 1. The van der Waals surface area contributed by atoms with Gasteiger partial charge in [0.25, 0.3) is 5.91 Å². The van der Waals surface area contributed by atoms with Crippen LogP contribution >= 0.6 is 0 Å². The molecule has 0 unspecified atom stereocenters. The van der Waals surface area contributed by atoms with Gasteiger partial charge in [-0.15, -0.1) is 10.2 Å². The van der Waals surface area contributed by atoms with Gasteiger partial charge in [-0.25, -0.2) is 4.98 Å². The number of aromatic nitrogens is 5. The van der Waals surface area contributed by atoms with Crippen LogP contribution in [0.5, 0.6) is 11.5 Å². The number of ether oxygens (including phenoxy) is 2. The van der Waals surface area contributed by atoms with Crippen molar-refractivity contribution >= 4 is 16.8 Å². The molecule has 0 atom stereocenters. The van der Waals surface area contributed by atoms with Gasteiger partial charge in [0.05, 0.1) is 12.1 Å². The fourth-order valence-electron chi connectivity index (χ4n) is 5.52. The van der Waals surface area contributed by atoms with Crippen molar-refractivity contribution in [2.45, 2.75) is 51.6 Å². The molecule has 0 saturated carbocycles. The fraction of sp³-hybridized carbons (Fsp3) is 0.393. The number of rotatable bonds is 5. The second-order valence-corrected chi connectivity index (χ2v) is 9.74. The van der Waals surface area contributed by atoms with Gasteiger partial charge in [0.2, 0.25) is 5.82 Å². The monoisotopic (exact) mass is 498 g/mol. The molecule has 2 aliphatic heterocycles. The molecule has 2 aromatic carbocycles. The Morgan fingerprint density at radius 3 is 2.76 bits per heavy atom. The van der Waals surface area contributed by atoms with Gasteiger partial charge in [-0.3, -0.25) is 4.79 Å². The minimum absolute atomic E-state index is 0.0513. The van der Waals surface area contributed by atoms with Crippen LogP contribution in [-0.2, 0) is 12.8 Å². The third-order valence-electron chi connectivity index (χ3n) is 7.59. The number of para-hydroxylation sites is 1. The molecule has 1 spiro atoms. The number of nitrogens with zero attached hydrogens (tertiary/aromatic N) is 5. The SMILES string of the molecule is CCOc1cc(C(=O)N2CCC3(CCc4cc(-c5nn[nH]n5)ccc4O3)CC2)nc2c(CC)cccc12. The number of piperidine rings is 1. The summed E-state index contributed by atoms with van der Waals surface area (Å²) in [6.07, 6.45) is 4.25. The van der Waals surface area contributed by atoms with Gasteiger partial charge < -0.3 is 14.4 Å². The van der Waals surface area contributed by atoms with Gasteiger partial charge >= 0.3 is 0 Å². The molecule has 37 heavy (non-hydrogen) atoms. The first kappa shape index (κ1) is 23.4. The predicted octanol–water partition coefficient (Wildman–Crippen LogP) is 4.38. The van der Waals surface area contributed by atoms with Gasteiger partial charge in [0.15, 0.2) is 0 Å². The summed E-state index contributed by atoms with van der Waals surface area (Å²) in [5.41, 5.74) is 4.23. The lowest BCUT2D eigenvalue weighted by molar-refractivity contribution is -0.0108. The molecule has 0 radical (unpaired) electrons. The van der Waals surface area contributed by atoms with Crippen LogP contribution in [0.25, 0.3) is 22.3 Å². The highest BCUT2D eigenvalue weighted by Crippen LogP contribution is 2.41. The van der Waals surface area contributed by atoms with E-state index < -0.39 is 0 Å². The number of likely N-dealkylation sites (tertiary alicyclic amines) is 1. The summed E-state index contributed by atoms with van der Waals surface area (Å²) in [6, 6.07) is 13.9. The van der Waals surface area contributed by atoms with Crippen molar-refractivity contribution in [3.63, 3.8) is 0 Å². The highest BCUT2D eigenvalue weighted by molar-refractivity contribution is 5.98. The Hall–Kier alpha value is -4.01. The summed E-state index contributed by atoms with van der Waals surface area (Å²) >= 11 is 0. The van der Waals surface area contributed by atoms with E-state index in [-0.39, 0.29) is 11.5 Å². The van der Waals surface area contributed by atoms with E-state index in [1.54, 1.807) is 6.07 Å². The number of nitrogens with one attached hydrogen (secondary N) is 1. The molecular formula is C28H30N6O3. The maximum atomic E-state index is 13.6. The van der Waals surface area contributed by atoms with Gasteiger partial charge in [-0.2, -0.15) is 5.21 Å². The third kappa shape index (κ3) is 4.28. The molecule has 4 aromatic rings. The normalized spacial score (nSPS) is 16.4. The van der Waals surface area contributed by atoms with E-state index in [0.29, 0.717) is 37.0 Å². The Morgan fingerprint density at radius 2 is 2.00 bits per heavy atom. The van der Waals surface area contributed by atoms with Crippen molar-refractivity contribution in [3.05, 3.63) is 59.3 Å². The summed E-state index contributed by atoms with van der Waals surface area (Å²) in [6.45, 7) is 5.85. The molecule has 190 valence electrons. The lowest BCUT2D eigenvalue weighted by Gasteiger charge is -2.44. The lowest BCUT2D eigenvalue weighted by Crippen LogP contribution is -2.51. The quantitative estimate of drug-likeness (QED) is 0.435. The average Bonchev–Trinajstić information content (AvgIpc) is 3.48. The Morgan fingerprint density at radius 1 is 1.14 bits per heavy atom. The number of carbonyl (C=O) groups excluding carboxylic acids is 1. The molecule has 1 amide bonds. The molecule has 0 bridgehead atoms. The Labute approximate surface area is 215 Å². The standard InChI is InChI=1S/C28H30N6O3/c1-3-18-6-5-7-21-24(36-4-2)17-22(29-25(18)21)27(35)34-14-12-28(13-15-34)11-10-19-16-20(8-9-23(19)37-28)26-30-32-33-31-26/h5-9,16-17H,3-4,10-15H2,1-2H3,(H,30,31,32,33). The number of hydrogen-bond acceptors (Lipinski definition) is 7. The minimum atomic E-state index is -0.250. The predicted molar refractivity (Wildman–Crippen MR) is 139 cm³/mol. The van der Waals surface area contributed by atoms with E-state index in [0.717, 1.165) is 65.4 Å². The zero-order valence-electron chi connectivity index (χ0n) is 21.2. The van der Waals surface area contributed by atoms with E-state index in [4.69, 9.17) is 14.5 Å². The number of benzene rings is 2.